The molecular formula is C18H33N7O8. The van der Waals surface area contributed by atoms with Crippen LogP contribution in [0.3, 0.4) is 0 Å². The summed E-state index contributed by atoms with van der Waals surface area (Å²) >= 11 is 0. The fraction of sp³-hybridized carbons (Fsp3) is 0.667. The number of carbonyl (C=O) groups is 5. The number of nitrogens with zero attached hydrogens (tertiary/aromatic N) is 1. The van der Waals surface area contributed by atoms with Gasteiger partial charge in [-0.1, -0.05) is 13.8 Å². The first kappa shape index (κ1) is 29.5. The third-order valence-corrected chi connectivity index (χ3v) is 4.35. The van der Waals surface area contributed by atoms with Crippen molar-refractivity contribution in [2.75, 3.05) is 13.2 Å². The lowest BCUT2D eigenvalue weighted by molar-refractivity contribution is -0.143. The lowest BCUT2D eigenvalue weighted by Crippen LogP contribution is -2.58. The highest BCUT2D eigenvalue weighted by molar-refractivity contribution is 5.94. The maximum atomic E-state index is 12.8. The van der Waals surface area contributed by atoms with Crippen molar-refractivity contribution in [3.05, 3.63) is 0 Å². The molecule has 0 saturated heterocycles. The van der Waals surface area contributed by atoms with E-state index in [2.05, 4.69) is 20.9 Å². The van der Waals surface area contributed by atoms with Gasteiger partial charge in [0.25, 0.3) is 0 Å². The molecule has 33 heavy (non-hydrogen) atoms. The van der Waals surface area contributed by atoms with Gasteiger partial charge in [-0.25, -0.2) is 4.79 Å². The van der Waals surface area contributed by atoms with E-state index in [4.69, 9.17) is 32.5 Å². The van der Waals surface area contributed by atoms with Crippen LogP contribution in [0.1, 0.15) is 33.1 Å². The van der Waals surface area contributed by atoms with Crippen LogP contribution in [0.5, 0.6) is 0 Å². The molecule has 0 saturated carbocycles. The first-order valence-electron chi connectivity index (χ1n) is 10.1. The molecule has 12 N–H and O–H groups in total. The molecule has 0 spiro atoms. The molecule has 4 atom stereocenters. The third kappa shape index (κ3) is 11.6. The van der Waals surface area contributed by atoms with Gasteiger partial charge in [0.2, 0.25) is 17.7 Å². The fourth-order valence-electron chi connectivity index (χ4n) is 2.57. The van der Waals surface area contributed by atoms with Crippen molar-refractivity contribution in [2.45, 2.75) is 57.3 Å². The van der Waals surface area contributed by atoms with Crippen LogP contribution >= 0.6 is 0 Å². The van der Waals surface area contributed by atoms with E-state index in [1.807, 2.05) is 0 Å². The standard InChI is InChI=1S/C18H33N7O8/c1-8(2)13(16(31)24-11(7-26)17(32)33)25-15(30)10(4-3-5-22-18(20)21)23-14(29)9(19)6-12(27)28/h8-11,13,26H,3-7,19H2,1-2H3,(H,23,29)(H,24,31)(H,25,30)(H,27,28)(H,32,33)(H4,20,21,22)/t9-,10-,11-,13-/m0/s1. The zero-order valence-corrected chi connectivity index (χ0v) is 18.5. The van der Waals surface area contributed by atoms with E-state index < -0.39 is 72.8 Å². The third-order valence-electron chi connectivity index (χ3n) is 4.35. The van der Waals surface area contributed by atoms with E-state index in [-0.39, 0.29) is 25.3 Å². The average Bonchev–Trinajstić information content (AvgIpc) is 2.70. The molecule has 0 bridgehead atoms. The summed E-state index contributed by atoms with van der Waals surface area (Å²) in [6.07, 6.45) is -0.396. The summed E-state index contributed by atoms with van der Waals surface area (Å²) in [7, 11) is 0. The van der Waals surface area contributed by atoms with Crippen LogP contribution in [0.15, 0.2) is 4.99 Å². The van der Waals surface area contributed by atoms with Crippen molar-refractivity contribution in [1.29, 1.82) is 0 Å². The second-order valence-corrected chi connectivity index (χ2v) is 7.53. The molecule has 0 radical (unpaired) electrons. The Morgan fingerprint density at radius 3 is 1.94 bits per heavy atom. The summed E-state index contributed by atoms with van der Waals surface area (Å²) in [6, 6.07) is -5.40. The molecular weight excluding hydrogens is 442 g/mol. The molecule has 0 aromatic rings. The number of nitrogens with two attached hydrogens (primary N) is 3. The second-order valence-electron chi connectivity index (χ2n) is 7.53. The van der Waals surface area contributed by atoms with Crippen molar-refractivity contribution in [2.24, 2.45) is 28.1 Å². The molecule has 0 aromatic heterocycles. The van der Waals surface area contributed by atoms with Crippen LogP contribution in [0.4, 0.5) is 0 Å². The van der Waals surface area contributed by atoms with Gasteiger partial charge in [-0.3, -0.25) is 24.2 Å². The van der Waals surface area contributed by atoms with Crippen LogP contribution in [0, 0.1) is 5.92 Å². The number of hydrogen-bond donors (Lipinski definition) is 9. The molecule has 15 nitrogen and oxygen atoms in total. The van der Waals surface area contributed by atoms with Crippen molar-refractivity contribution >= 4 is 35.6 Å². The van der Waals surface area contributed by atoms with Gasteiger partial charge in [0, 0.05) is 6.54 Å². The van der Waals surface area contributed by atoms with Crippen molar-refractivity contribution in [1.82, 2.24) is 16.0 Å². The van der Waals surface area contributed by atoms with Crippen molar-refractivity contribution in [3.8, 4) is 0 Å². The predicted molar refractivity (Wildman–Crippen MR) is 115 cm³/mol. The minimum absolute atomic E-state index is 0.0228. The Kier molecular flexibility index (Phi) is 13.0. The number of carboxylic acids is 2. The van der Waals surface area contributed by atoms with Gasteiger partial charge < -0.3 is 48.5 Å². The van der Waals surface area contributed by atoms with Crippen molar-refractivity contribution in [3.63, 3.8) is 0 Å². The summed E-state index contributed by atoms with van der Waals surface area (Å²) in [5, 5.41) is 33.8. The summed E-state index contributed by atoms with van der Waals surface area (Å²) in [5.74, 6) is -5.97. The van der Waals surface area contributed by atoms with E-state index in [0.29, 0.717) is 0 Å². The lowest BCUT2D eigenvalue weighted by atomic mass is 10.0. The minimum atomic E-state index is -1.57. The van der Waals surface area contributed by atoms with E-state index >= 15 is 0 Å². The molecule has 0 aromatic carbocycles. The molecule has 0 rings (SSSR count). The molecule has 3 amide bonds. The molecule has 0 aliphatic heterocycles. The molecule has 0 fully saturated rings. The first-order valence-corrected chi connectivity index (χ1v) is 10.1. The predicted octanol–water partition coefficient (Wildman–Crippen LogP) is -3.97. The molecule has 15 heteroatoms. The molecule has 0 unspecified atom stereocenters. The average molecular weight is 476 g/mol. The zero-order valence-electron chi connectivity index (χ0n) is 18.5. The van der Waals surface area contributed by atoms with E-state index in [1.54, 1.807) is 13.8 Å². The number of aliphatic hydroxyl groups is 1. The van der Waals surface area contributed by atoms with Gasteiger partial charge in [0.1, 0.15) is 18.1 Å². The number of carbonyl (C=O) groups excluding carboxylic acids is 3. The topological polar surface area (TPSA) is 273 Å². The van der Waals surface area contributed by atoms with Crippen LogP contribution in [-0.4, -0.2) is 88.3 Å². The lowest BCUT2D eigenvalue weighted by Gasteiger charge is -2.26. The molecule has 188 valence electrons. The zero-order chi connectivity index (χ0) is 25.7. The van der Waals surface area contributed by atoms with E-state index in [9.17, 15) is 24.0 Å². The summed E-state index contributed by atoms with van der Waals surface area (Å²) in [4.78, 5) is 63.2. The first-order chi connectivity index (χ1) is 15.3. The van der Waals surface area contributed by atoms with Crippen LogP contribution in [0.2, 0.25) is 0 Å². The SMILES string of the molecule is CC(C)[C@H](NC(=O)[C@H](CCCN=C(N)N)NC(=O)[C@@H](N)CC(=O)O)C(=O)N[C@@H](CO)C(=O)O. The highest BCUT2D eigenvalue weighted by atomic mass is 16.4. The largest absolute Gasteiger partial charge is 0.481 e. The number of aliphatic hydroxyl groups excluding tert-OH is 1. The van der Waals surface area contributed by atoms with Gasteiger partial charge in [-0.05, 0) is 18.8 Å². The van der Waals surface area contributed by atoms with E-state index in [1.165, 1.54) is 0 Å². The number of aliphatic imine (C=N–C) groups is 1. The Labute approximate surface area is 190 Å². The summed E-state index contributed by atoms with van der Waals surface area (Å²) < 4.78 is 0. The van der Waals surface area contributed by atoms with Gasteiger partial charge >= 0.3 is 11.9 Å². The summed E-state index contributed by atoms with van der Waals surface area (Å²) in [6.45, 7) is 2.46. The monoisotopic (exact) mass is 475 g/mol. The number of amides is 3. The Bertz CT molecular complexity index is 739. The quantitative estimate of drug-likeness (QED) is 0.0625. The van der Waals surface area contributed by atoms with Crippen LogP contribution in [-0.2, 0) is 24.0 Å². The number of aliphatic carboxylic acids is 2. The van der Waals surface area contributed by atoms with Gasteiger partial charge in [0.15, 0.2) is 5.96 Å². The number of guanidine groups is 1. The van der Waals surface area contributed by atoms with Gasteiger partial charge in [0.05, 0.1) is 19.1 Å². The number of nitrogens with one attached hydrogen (secondary N) is 3. The van der Waals surface area contributed by atoms with E-state index in [0.717, 1.165) is 0 Å². The summed E-state index contributed by atoms with van der Waals surface area (Å²) in [5.41, 5.74) is 16.0. The highest BCUT2D eigenvalue weighted by Crippen LogP contribution is 2.06. The smallest absolute Gasteiger partial charge is 0.328 e. The highest BCUT2D eigenvalue weighted by Gasteiger charge is 2.31. The molecule has 0 aliphatic rings. The Morgan fingerprint density at radius 2 is 1.48 bits per heavy atom. The number of rotatable bonds is 15. The Morgan fingerprint density at radius 1 is 0.909 bits per heavy atom. The second kappa shape index (κ2) is 14.6. The van der Waals surface area contributed by atoms with Gasteiger partial charge in [-0.2, -0.15) is 0 Å². The number of hydrogen-bond acceptors (Lipinski definition) is 8. The number of carboxylic acid groups (broad SMARTS) is 2. The van der Waals surface area contributed by atoms with Crippen LogP contribution < -0.4 is 33.2 Å². The normalized spacial score (nSPS) is 14.3. The maximum absolute atomic E-state index is 12.8. The molecule has 0 heterocycles. The Balaban J connectivity index is 5.46. The Hall–Kier alpha value is -3.46. The molecule has 0 aliphatic carbocycles. The van der Waals surface area contributed by atoms with Crippen LogP contribution in [0.25, 0.3) is 0 Å². The fourth-order valence-corrected chi connectivity index (χ4v) is 2.57. The van der Waals surface area contributed by atoms with Crippen molar-refractivity contribution < 1.29 is 39.3 Å². The van der Waals surface area contributed by atoms with Gasteiger partial charge in [-0.15, -0.1) is 0 Å². The maximum Gasteiger partial charge on any atom is 0.328 e. The minimum Gasteiger partial charge on any atom is -0.481 e.